The Morgan fingerprint density at radius 3 is 2.41 bits per heavy atom. The van der Waals surface area contributed by atoms with E-state index >= 15 is 0 Å². The van der Waals surface area contributed by atoms with Gasteiger partial charge in [0.25, 0.3) is 5.56 Å². The molecule has 1 aliphatic heterocycles. The summed E-state index contributed by atoms with van der Waals surface area (Å²) in [5, 5.41) is 11.7. The Labute approximate surface area is 185 Å². The maximum absolute atomic E-state index is 12.9. The van der Waals surface area contributed by atoms with Gasteiger partial charge >= 0.3 is 0 Å². The normalized spacial score (nSPS) is 16.1. The van der Waals surface area contributed by atoms with Crippen LogP contribution in [0.3, 0.4) is 0 Å². The van der Waals surface area contributed by atoms with Crippen molar-refractivity contribution < 1.29 is 4.79 Å². The van der Waals surface area contributed by atoms with Crippen molar-refractivity contribution in [2.45, 2.75) is 18.9 Å². The number of anilines is 1. The molecule has 4 aromatic rings. The molecule has 1 aromatic heterocycles. The van der Waals surface area contributed by atoms with Gasteiger partial charge in [0.2, 0.25) is 5.91 Å². The fourth-order valence-corrected chi connectivity index (χ4v) is 4.30. The number of carbonyl (C=O) groups is 1. The van der Waals surface area contributed by atoms with Gasteiger partial charge in [-0.2, -0.15) is 5.10 Å². The molecular weight excluding hydrogens is 400 g/mol. The van der Waals surface area contributed by atoms with Gasteiger partial charge in [-0.3, -0.25) is 9.59 Å². The maximum Gasteiger partial charge on any atom is 0.272 e. The summed E-state index contributed by atoms with van der Waals surface area (Å²) < 4.78 is 0. The second kappa shape index (κ2) is 8.77. The summed E-state index contributed by atoms with van der Waals surface area (Å²) in [5.41, 5.74) is 3.56. The van der Waals surface area contributed by atoms with Crippen LogP contribution in [0.15, 0.2) is 83.7 Å². The van der Waals surface area contributed by atoms with Crippen LogP contribution in [0, 0.1) is 0 Å². The molecule has 0 aliphatic carbocycles. The lowest BCUT2D eigenvalue weighted by Crippen LogP contribution is -2.39. The zero-order valence-electron chi connectivity index (χ0n) is 17.6. The van der Waals surface area contributed by atoms with Crippen molar-refractivity contribution in [1.29, 1.82) is 0 Å². The van der Waals surface area contributed by atoms with Crippen molar-refractivity contribution in [2.24, 2.45) is 0 Å². The molecule has 1 amide bonds. The van der Waals surface area contributed by atoms with Gasteiger partial charge in [0.05, 0.1) is 17.1 Å². The van der Waals surface area contributed by atoms with Gasteiger partial charge in [0.15, 0.2) is 0 Å². The first kappa shape index (κ1) is 20.2. The quantitative estimate of drug-likeness (QED) is 0.496. The van der Waals surface area contributed by atoms with Crippen molar-refractivity contribution in [3.05, 3.63) is 94.8 Å². The van der Waals surface area contributed by atoms with Gasteiger partial charge in [0.1, 0.15) is 0 Å². The minimum atomic E-state index is -0.200. The lowest BCUT2D eigenvalue weighted by molar-refractivity contribution is -0.118. The Bertz CT molecular complexity index is 1300. The molecule has 1 unspecified atom stereocenters. The third-order valence-electron chi connectivity index (χ3n) is 6.00. The molecule has 1 aliphatic rings. The number of rotatable bonds is 6. The molecule has 3 aromatic carbocycles. The van der Waals surface area contributed by atoms with E-state index in [1.54, 1.807) is 6.07 Å². The van der Waals surface area contributed by atoms with Crippen LogP contribution in [0.5, 0.6) is 0 Å². The van der Waals surface area contributed by atoms with E-state index in [9.17, 15) is 9.59 Å². The van der Waals surface area contributed by atoms with Crippen LogP contribution in [-0.2, 0) is 11.2 Å². The van der Waals surface area contributed by atoms with E-state index in [0.29, 0.717) is 11.9 Å². The number of nitrogens with zero attached hydrogens (tertiary/aromatic N) is 2. The van der Waals surface area contributed by atoms with Gasteiger partial charge in [-0.1, -0.05) is 60.7 Å². The number of H-pyrrole nitrogens is 1. The van der Waals surface area contributed by atoms with Crippen LogP contribution in [0.25, 0.3) is 22.0 Å². The van der Waals surface area contributed by atoms with Crippen molar-refractivity contribution in [1.82, 2.24) is 15.5 Å². The number of benzene rings is 3. The van der Waals surface area contributed by atoms with Crippen LogP contribution in [-0.4, -0.2) is 35.2 Å². The molecule has 1 fully saturated rings. The standard InChI is InChI=1S/C26H24N4O2/c31-25-22-9-5-4-8-21(22)24(28-29-25)19-10-12-20(13-11-19)30-17-15-23(26(30)32)27-16-14-18-6-2-1-3-7-18/h1-13,23,27H,14-17H2,(H,29,31). The first-order valence-corrected chi connectivity index (χ1v) is 10.9. The number of aromatic amines is 1. The van der Waals surface area contributed by atoms with Crippen LogP contribution in [0.4, 0.5) is 5.69 Å². The van der Waals surface area contributed by atoms with E-state index in [1.807, 2.05) is 65.6 Å². The van der Waals surface area contributed by atoms with Gasteiger partial charge in [-0.05, 0) is 43.1 Å². The Morgan fingerprint density at radius 2 is 1.62 bits per heavy atom. The maximum atomic E-state index is 12.9. The van der Waals surface area contributed by atoms with Gasteiger partial charge in [0, 0.05) is 23.2 Å². The highest BCUT2D eigenvalue weighted by Gasteiger charge is 2.32. The smallest absolute Gasteiger partial charge is 0.272 e. The molecule has 0 bridgehead atoms. The molecule has 0 spiro atoms. The number of fused-ring (bicyclic) bond motifs is 1. The van der Waals surface area contributed by atoms with Crippen molar-refractivity contribution in [3.8, 4) is 11.3 Å². The molecule has 2 heterocycles. The third-order valence-corrected chi connectivity index (χ3v) is 6.00. The second-order valence-corrected chi connectivity index (χ2v) is 8.01. The fraction of sp³-hybridized carbons (Fsp3) is 0.192. The molecule has 6 nitrogen and oxygen atoms in total. The number of aromatic nitrogens is 2. The van der Waals surface area contributed by atoms with Crippen LogP contribution >= 0.6 is 0 Å². The average molecular weight is 425 g/mol. The van der Waals surface area contributed by atoms with E-state index < -0.39 is 0 Å². The van der Waals surface area contributed by atoms with Crippen LogP contribution in [0.1, 0.15) is 12.0 Å². The molecule has 0 saturated carbocycles. The highest BCUT2D eigenvalue weighted by molar-refractivity contribution is 6.00. The predicted octanol–water partition coefficient (Wildman–Crippen LogP) is 3.53. The number of nitrogens with one attached hydrogen (secondary N) is 2. The average Bonchev–Trinajstić information content (AvgIpc) is 3.21. The van der Waals surface area contributed by atoms with Crippen LogP contribution in [0.2, 0.25) is 0 Å². The summed E-state index contributed by atoms with van der Waals surface area (Å²) in [6.45, 7) is 1.47. The Morgan fingerprint density at radius 1 is 0.906 bits per heavy atom. The Hall–Kier alpha value is -3.77. The first-order chi connectivity index (χ1) is 15.7. The van der Waals surface area contributed by atoms with Crippen molar-refractivity contribution in [2.75, 3.05) is 18.0 Å². The number of hydrogen-bond donors (Lipinski definition) is 2. The Balaban J connectivity index is 1.28. The minimum absolute atomic E-state index is 0.110. The van der Waals surface area contributed by atoms with Crippen molar-refractivity contribution in [3.63, 3.8) is 0 Å². The largest absolute Gasteiger partial charge is 0.311 e. The monoisotopic (exact) mass is 424 g/mol. The summed E-state index contributed by atoms with van der Waals surface area (Å²) in [6.07, 6.45) is 1.70. The predicted molar refractivity (Wildman–Crippen MR) is 127 cm³/mol. The third kappa shape index (κ3) is 3.92. The zero-order valence-corrected chi connectivity index (χ0v) is 17.6. The van der Waals surface area contributed by atoms with Gasteiger partial charge < -0.3 is 10.2 Å². The second-order valence-electron chi connectivity index (χ2n) is 8.01. The molecule has 160 valence electrons. The number of amides is 1. The fourth-order valence-electron chi connectivity index (χ4n) is 4.30. The van der Waals surface area contributed by atoms with E-state index in [0.717, 1.165) is 41.7 Å². The molecular formula is C26H24N4O2. The van der Waals surface area contributed by atoms with E-state index in [-0.39, 0.29) is 17.5 Å². The molecule has 5 rings (SSSR count). The topological polar surface area (TPSA) is 78.1 Å². The van der Waals surface area contributed by atoms with Crippen LogP contribution < -0.4 is 15.8 Å². The summed E-state index contributed by atoms with van der Waals surface area (Å²) in [7, 11) is 0. The van der Waals surface area contributed by atoms with E-state index in [2.05, 4.69) is 27.6 Å². The highest BCUT2D eigenvalue weighted by Crippen LogP contribution is 2.28. The molecule has 6 heteroatoms. The number of carbonyl (C=O) groups excluding carboxylic acids is 1. The first-order valence-electron chi connectivity index (χ1n) is 10.9. The molecule has 1 atom stereocenters. The van der Waals surface area contributed by atoms with Crippen molar-refractivity contribution >= 4 is 22.4 Å². The summed E-state index contributed by atoms with van der Waals surface area (Å²) in [6, 6.07) is 25.4. The molecule has 32 heavy (non-hydrogen) atoms. The summed E-state index contributed by atoms with van der Waals surface area (Å²) >= 11 is 0. The molecule has 1 saturated heterocycles. The SMILES string of the molecule is O=C1C(NCCc2ccccc2)CCN1c1ccc(-c2n[nH]c(=O)c3ccccc23)cc1. The summed E-state index contributed by atoms with van der Waals surface area (Å²) in [5.74, 6) is 0.110. The lowest BCUT2D eigenvalue weighted by Gasteiger charge is -2.18. The lowest BCUT2D eigenvalue weighted by atomic mass is 10.0. The van der Waals surface area contributed by atoms with E-state index in [1.165, 1.54) is 5.56 Å². The highest BCUT2D eigenvalue weighted by atomic mass is 16.2. The zero-order chi connectivity index (χ0) is 21.9. The van der Waals surface area contributed by atoms with E-state index in [4.69, 9.17) is 0 Å². The summed E-state index contributed by atoms with van der Waals surface area (Å²) in [4.78, 5) is 26.8. The Kier molecular flexibility index (Phi) is 5.52. The molecule has 0 radical (unpaired) electrons. The minimum Gasteiger partial charge on any atom is -0.311 e. The molecule has 2 N–H and O–H groups in total. The number of hydrogen-bond acceptors (Lipinski definition) is 4. The van der Waals surface area contributed by atoms with Gasteiger partial charge in [-0.15, -0.1) is 0 Å². The van der Waals surface area contributed by atoms with Gasteiger partial charge in [-0.25, -0.2) is 5.10 Å².